The minimum atomic E-state index is 1.03. The van der Waals surface area contributed by atoms with Gasteiger partial charge in [-0.25, -0.2) is 0 Å². The zero-order valence-electron chi connectivity index (χ0n) is 33.5. The predicted octanol–water partition coefficient (Wildman–Crippen LogP) is 16.2. The van der Waals surface area contributed by atoms with Crippen LogP contribution in [0.3, 0.4) is 0 Å². The lowest BCUT2D eigenvalue weighted by molar-refractivity contribution is 0.983. The number of allylic oxidation sites excluding steroid dienone is 2. The van der Waals surface area contributed by atoms with Crippen molar-refractivity contribution in [3.63, 3.8) is 0 Å². The summed E-state index contributed by atoms with van der Waals surface area (Å²) in [6.07, 6.45) is 13.4. The van der Waals surface area contributed by atoms with E-state index in [0.717, 1.165) is 48.4 Å². The number of hydrogen-bond acceptors (Lipinski definition) is 2. The van der Waals surface area contributed by atoms with Crippen LogP contribution in [0.25, 0.3) is 56.0 Å². The highest BCUT2D eigenvalue weighted by Crippen LogP contribution is 2.45. The third-order valence-electron chi connectivity index (χ3n) is 12.4. The summed E-state index contributed by atoms with van der Waals surface area (Å²) >= 11 is 0. The summed E-state index contributed by atoms with van der Waals surface area (Å²) in [7, 11) is 0. The molecular weight excluding hydrogens is 725 g/mol. The minimum absolute atomic E-state index is 1.03. The molecule has 0 aromatic heterocycles. The van der Waals surface area contributed by atoms with E-state index in [0.29, 0.717) is 0 Å². The minimum Gasteiger partial charge on any atom is -0.310 e. The highest BCUT2D eigenvalue weighted by Gasteiger charge is 2.23. The molecule has 0 aliphatic heterocycles. The van der Waals surface area contributed by atoms with Gasteiger partial charge in [-0.1, -0.05) is 158 Å². The third kappa shape index (κ3) is 6.47. The van der Waals surface area contributed by atoms with Crippen LogP contribution in [0.1, 0.15) is 35.1 Å². The lowest BCUT2D eigenvalue weighted by atomic mass is 9.89. The molecule has 0 spiro atoms. The first kappa shape index (κ1) is 35.7. The van der Waals surface area contributed by atoms with Crippen LogP contribution in [-0.2, 0) is 12.8 Å². The van der Waals surface area contributed by atoms with Crippen molar-refractivity contribution < 1.29 is 0 Å². The van der Waals surface area contributed by atoms with Crippen LogP contribution in [0, 0.1) is 0 Å². The molecule has 0 amide bonds. The van der Waals surface area contributed by atoms with Gasteiger partial charge in [0, 0.05) is 22.7 Å². The smallest absolute Gasteiger partial charge is 0.0506 e. The average molecular weight is 769 g/mol. The van der Waals surface area contributed by atoms with E-state index < -0.39 is 0 Å². The first-order chi connectivity index (χ1) is 29.8. The molecule has 0 N–H and O–H groups in total. The van der Waals surface area contributed by atoms with Crippen LogP contribution in [-0.4, -0.2) is 0 Å². The molecule has 0 atom stereocenters. The molecule has 9 aromatic carbocycles. The summed E-state index contributed by atoms with van der Waals surface area (Å²) in [5.74, 6) is 0. The lowest BCUT2D eigenvalue weighted by Gasteiger charge is -2.30. The summed E-state index contributed by atoms with van der Waals surface area (Å²) < 4.78 is 0. The molecule has 286 valence electrons. The largest absolute Gasteiger partial charge is 0.310 e. The second-order valence-corrected chi connectivity index (χ2v) is 15.9. The summed E-state index contributed by atoms with van der Waals surface area (Å²) in [5.41, 5.74) is 17.4. The Morgan fingerprint density at radius 1 is 0.317 bits per heavy atom. The average Bonchev–Trinajstić information content (AvgIpc) is 3.33. The molecule has 0 saturated heterocycles. The van der Waals surface area contributed by atoms with Gasteiger partial charge in [0.15, 0.2) is 0 Å². The van der Waals surface area contributed by atoms with Gasteiger partial charge in [-0.2, -0.15) is 0 Å². The van der Waals surface area contributed by atoms with E-state index in [1.54, 1.807) is 0 Å². The van der Waals surface area contributed by atoms with Crippen LogP contribution < -0.4 is 9.80 Å². The zero-order chi connectivity index (χ0) is 39.8. The molecule has 0 unspecified atom stereocenters. The van der Waals surface area contributed by atoms with Crippen molar-refractivity contribution in [2.75, 3.05) is 9.80 Å². The van der Waals surface area contributed by atoms with Gasteiger partial charge in [0.25, 0.3) is 0 Å². The van der Waals surface area contributed by atoms with Crippen molar-refractivity contribution in [2.24, 2.45) is 0 Å². The molecule has 2 aliphatic rings. The topological polar surface area (TPSA) is 6.48 Å². The number of anilines is 6. The van der Waals surface area contributed by atoms with Crippen molar-refractivity contribution in [2.45, 2.75) is 25.7 Å². The van der Waals surface area contributed by atoms with Crippen molar-refractivity contribution in [3.8, 4) is 22.3 Å². The Morgan fingerprint density at radius 3 is 1.05 bits per heavy atom. The molecule has 0 bridgehead atoms. The van der Waals surface area contributed by atoms with E-state index >= 15 is 0 Å². The third-order valence-corrected chi connectivity index (χ3v) is 12.4. The van der Waals surface area contributed by atoms with Crippen LogP contribution in [0.2, 0.25) is 0 Å². The Hall–Kier alpha value is -7.42. The summed E-state index contributed by atoms with van der Waals surface area (Å²) in [6, 6.07) is 71.1. The van der Waals surface area contributed by atoms with Gasteiger partial charge in [0.2, 0.25) is 0 Å². The van der Waals surface area contributed by atoms with E-state index in [2.05, 4.69) is 228 Å². The Morgan fingerprint density at radius 2 is 0.650 bits per heavy atom. The van der Waals surface area contributed by atoms with Gasteiger partial charge in [0.05, 0.1) is 11.4 Å². The molecule has 0 radical (unpaired) electrons. The molecule has 2 heteroatoms. The van der Waals surface area contributed by atoms with Gasteiger partial charge in [0.1, 0.15) is 0 Å². The Balaban J connectivity index is 0.902. The molecule has 60 heavy (non-hydrogen) atoms. The maximum atomic E-state index is 2.44. The lowest BCUT2D eigenvalue weighted by Crippen LogP contribution is -2.14. The number of rotatable bonds is 8. The Bertz CT molecular complexity index is 2840. The Kier molecular flexibility index (Phi) is 9.17. The van der Waals surface area contributed by atoms with Crippen LogP contribution in [0.5, 0.6) is 0 Å². The van der Waals surface area contributed by atoms with Gasteiger partial charge >= 0.3 is 0 Å². The second kappa shape index (κ2) is 15.4. The highest BCUT2D eigenvalue weighted by atomic mass is 15.1. The first-order valence-electron chi connectivity index (χ1n) is 21.2. The molecule has 11 rings (SSSR count). The fourth-order valence-corrected chi connectivity index (χ4v) is 9.44. The first-order valence-corrected chi connectivity index (χ1v) is 21.2. The van der Waals surface area contributed by atoms with E-state index in [1.165, 1.54) is 77.4 Å². The van der Waals surface area contributed by atoms with Gasteiger partial charge < -0.3 is 9.80 Å². The van der Waals surface area contributed by atoms with Gasteiger partial charge in [-0.05, 0) is 152 Å². The Labute approximate surface area is 352 Å². The fourth-order valence-electron chi connectivity index (χ4n) is 9.44. The van der Waals surface area contributed by atoms with Crippen LogP contribution in [0.4, 0.5) is 34.1 Å². The normalized spacial score (nSPS) is 12.9. The van der Waals surface area contributed by atoms with Crippen molar-refractivity contribution in [3.05, 3.63) is 229 Å². The molecule has 2 nitrogen and oxygen atoms in total. The molecular formula is C58H44N2. The number of hydrogen-bond donors (Lipinski definition) is 0. The van der Waals surface area contributed by atoms with Crippen molar-refractivity contribution >= 4 is 67.8 Å². The maximum Gasteiger partial charge on any atom is 0.0506 e. The van der Waals surface area contributed by atoms with Crippen molar-refractivity contribution in [1.29, 1.82) is 0 Å². The predicted molar refractivity (Wildman–Crippen MR) is 256 cm³/mol. The fraction of sp³-hybridized carbons (Fsp3) is 0.0690. The van der Waals surface area contributed by atoms with E-state index in [9.17, 15) is 0 Å². The highest BCUT2D eigenvalue weighted by molar-refractivity contribution is 6.00. The van der Waals surface area contributed by atoms with E-state index in [4.69, 9.17) is 0 Å². The SMILES string of the molecule is C1=Cc2c(c(N(c3ccccc3)c3ccc(-c4ccc(-c5ccc(N(c6ccccc6)c6cc7ccccc7c7c6CCC=C7)cc5)cc4)cc3)cc3ccccc23)CC1. The van der Waals surface area contributed by atoms with Crippen LogP contribution >= 0.6 is 0 Å². The number of fused-ring (bicyclic) bond motifs is 6. The number of para-hydroxylation sites is 2. The zero-order valence-corrected chi connectivity index (χ0v) is 33.5. The summed E-state index contributed by atoms with van der Waals surface area (Å²) in [5, 5.41) is 5.17. The second-order valence-electron chi connectivity index (χ2n) is 15.9. The monoisotopic (exact) mass is 768 g/mol. The molecule has 0 fully saturated rings. The van der Waals surface area contributed by atoms with E-state index in [1.807, 2.05) is 0 Å². The summed E-state index contributed by atoms with van der Waals surface area (Å²) in [4.78, 5) is 4.87. The number of benzene rings is 9. The molecule has 2 aliphatic carbocycles. The standard InChI is InChI=1S/C58H44N2/c1-3-17-47(18-4-1)59(57-39-45-15-7-9-21-51(45)53-23-11-13-25-55(53)57)49-35-31-43(32-36-49)41-27-29-42(30-28-41)44-33-37-50(38-34-44)60(48-19-5-2-6-20-48)58-40-46-16-8-10-22-52(46)54-24-12-14-26-56(54)58/h1-12,15-24,27-40H,13-14,25-26H2. The molecule has 0 heterocycles. The molecule has 0 saturated carbocycles. The van der Waals surface area contributed by atoms with Crippen molar-refractivity contribution in [1.82, 2.24) is 0 Å². The summed E-state index contributed by atoms with van der Waals surface area (Å²) in [6.45, 7) is 0. The maximum absolute atomic E-state index is 2.44. The number of nitrogens with zero attached hydrogens (tertiary/aromatic N) is 2. The van der Waals surface area contributed by atoms with Crippen LogP contribution in [0.15, 0.2) is 206 Å². The molecule has 9 aromatic rings. The van der Waals surface area contributed by atoms with Gasteiger partial charge in [-0.15, -0.1) is 0 Å². The van der Waals surface area contributed by atoms with E-state index in [-0.39, 0.29) is 0 Å². The quantitative estimate of drug-likeness (QED) is 0.152. The van der Waals surface area contributed by atoms with Gasteiger partial charge in [-0.3, -0.25) is 0 Å².